The molecule has 0 N–H and O–H groups in total. The maximum absolute atomic E-state index is 12.9. The molecule has 0 bridgehead atoms. The molecule has 25 heavy (non-hydrogen) atoms. The summed E-state index contributed by atoms with van der Waals surface area (Å²) < 4.78 is 7.59. The number of hydrogen-bond donors (Lipinski definition) is 0. The van der Waals surface area contributed by atoms with Gasteiger partial charge in [0.25, 0.3) is 0 Å². The highest BCUT2D eigenvalue weighted by Crippen LogP contribution is 2.26. The number of likely N-dealkylation sites (tertiary alicyclic amines) is 2. The van der Waals surface area contributed by atoms with Gasteiger partial charge in [-0.1, -0.05) is 6.07 Å². The molecule has 0 spiro atoms. The van der Waals surface area contributed by atoms with Gasteiger partial charge in [0.15, 0.2) is 0 Å². The van der Waals surface area contributed by atoms with Crippen molar-refractivity contribution in [2.24, 2.45) is 7.05 Å². The van der Waals surface area contributed by atoms with Crippen molar-refractivity contribution in [3.05, 3.63) is 30.1 Å². The average Bonchev–Trinajstić information content (AvgIpc) is 3.35. The number of aromatic nitrogens is 2. The minimum Gasteiger partial charge on any atom is -0.380 e. The maximum atomic E-state index is 12.9. The van der Waals surface area contributed by atoms with Crippen LogP contribution in [0.3, 0.4) is 0 Å². The molecule has 0 aliphatic carbocycles. The van der Waals surface area contributed by atoms with Crippen molar-refractivity contribution in [1.82, 2.24) is 19.4 Å². The van der Waals surface area contributed by atoms with E-state index in [1.807, 2.05) is 22.8 Å². The number of carbonyl (C=O) groups excluding carboxylic acids is 1. The van der Waals surface area contributed by atoms with Crippen LogP contribution in [0.25, 0.3) is 11.0 Å². The third-order valence-corrected chi connectivity index (χ3v) is 5.58. The number of ether oxygens (including phenoxy) is 1. The molecule has 6 nitrogen and oxygen atoms in total. The summed E-state index contributed by atoms with van der Waals surface area (Å²) in [6.45, 7) is 3.37. The standard InChI is InChI=1S/C19H26N4O2/c1-21-13-20-16-9-14(5-6-17(16)21)11-23-12-15(25-2)10-18(23)19(24)22-7-3-4-8-22/h5-6,9,13,15,18H,3-4,7-8,10-12H2,1-2H3/t15-,18-/m0/s1. The number of methoxy groups -OCH3 is 1. The van der Waals surface area contributed by atoms with E-state index < -0.39 is 0 Å². The van der Waals surface area contributed by atoms with Gasteiger partial charge in [-0.05, 0) is 37.0 Å². The lowest BCUT2D eigenvalue weighted by atomic mass is 10.1. The van der Waals surface area contributed by atoms with E-state index in [0.717, 1.165) is 56.5 Å². The second-order valence-corrected chi connectivity index (χ2v) is 7.25. The number of imidazole rings is 1. The predicted molar refractivity (Wildman–Crippen MR) is 96.1 cm³/mol. The third-order valence-electron chi connectivity index (χ3n) is 5.58. The quantitative estimate of drug-likeness (QED) is 0.850. The summed E-state index contributed by atoms with van der Waals surface area (Å²) in [6.07, 6.45) is 5.02. The van der Waals surface area contributed by atoms with Crippen LogP contribution in [0.15, 0.2) is 24.5 Å². The van der Waals surface area contributed by atoms with Crippen molar-refractivity contribution < 1.29 is 9.53 Å². The van der Waals surface area contributed by atoms with Crippen LogP contribution in [0.2, 0.25) is 0 Å². The summed E-state index contributed by atoms with van der Waals surface area (Å²) in [6, 6.07) is 6.32. The van der Waals surface area contributed by atoms with Crippen molar-refractivity contribution >= 4 is 16.9 Å². The van der Waals surface area contributed by atoms with Crippen LogP contribution in [-0.4, -0.2) is 64.1 Å². The fourth-order valence-electron chi connectivity index (χ4n) is 4.13. The molecule has 1 aromatic carbocycles. The molecule has 0 unspecified atom stereocenters. The Hall–Kier alpha value is -1.92. The SMILES string of the molecule is CO[C@H]1C[C@@H](C(=O)N2CCCC2)N(Cc2ccc3c(c2)ncn3C)C1. The zero-order valence-electron chi connectivity index (χ0n) is 15.0. The lowest BCUT2D eigenvalue weighted by Gasteiger charge is -2.27. The number of nitrogens with zero attached hydrogens (tertiary/aromatic N) is 4. The monoisotopic (exact) mass is 342 g/mol. The molecule has 134 valence electrons. The summed E-state index contributed by atoms with van der Waals surface area (Å²) >= 11 is 0. The first kappa shape index (κ1) is 16.5. The van der Waals surface area contributed by atoms with E-state index in [9.17, 15) is 4.79 Å². The number of carbonyl (C=O) groups is 1. The highest BCUT2D eigenvalue weighted by molar-refractivity contribution is 5.82. The van der Waals surface area contributed by atoms with Gasteiger partial charge in [0.05, 0.1) is 29.5 Å². The van der Waals surface area contributed by atoms with E-state index in [4.69, 9.17) is 4.74 Å². The van der Waals surface area contributed by atoms with Gasteiger partial charge in [-0.15, -0.1) is 0 Å². The average molecular weight is 342 g/mol. The summed E-state index contributed by atoms with van der Waals surface area (Å²) in [5.74, 6) is 0.274. The summed E-state index contributed by atoms with van der Waals surface area (Å²) in [7, 11) is 3.74. The molecule has 2 fully saturated rings. The Kier molecular flexibility index (Phi) is 4.48. The Balaban J connectivity index is 1.53. The number of rotatable bonds is 4. The van der Waals surface area contributed by atoms with E-state index in [1.165, 1.54) is 5.56 Å². The van der Waals surface area contributed by atoms with Crippen LogP contribution in [0.1, 0.15) is 24.8 Å². The molecular formula is C19H26N4O2. The summed E-state index contributed by atoms with van der Waals surface area (Å²) in [5, 5.41) is 0. The van der Waals surface area contributed by atoms with Gasteiger partial charge in [-0.3, -0.25) is 9.69 Å². The zero-order chi connectivity index (χ0) is 17.4. The van der Waals surface area contributed by atoms with Gasteiger partial charge in [-0.25, -0.2) is 4.98 Å². The highest BCUT2D eigenvalue weighted by Gasteiger charge is 2.39. The molecular weight excluding hydrogens is 316 g/mol. The second kappa shape index (κ2) is 6.77. The zero-order valence-corrected chi connectivity index (χ0v) is 15.0. The Morgan fingerprint density at radius 3 is 2.88 bits per heavy atom. The highest BCUT2D eigenvalue weighted by atomic mass is 16.5. The lowest BCUT2D eigenvalue weighted by Crippen LogP contribution is -2.44. The lowest BCUT2D eigenvalue weighted by molar-refractivity contribution is -0.135. The summed E-state index contributed by atoms with van der Waals surface area (Å²) in [4.78, 5) is 21.7. The van der Waals surface area contributed by atoms with Crippen molar-refractivity contribution in [2.45, 2.75) is 38.0 Å². The topological polar surface area (TPSA) is 50.6 Å². The van der Waals surface area contributed by atoms with Crippen LogP contribution in [0.5, 0.6) is 0 Å². The normalized spacial score (nSPS) is 24.5. The van der Waals surface area contributed by atoms with E-state index in [-0.39, 0.29) is 18.1 Å². The fourth-order valence-corrected chi connectivity index (χ4v) is 4.13. The Morgan fingerprint density at radius 2 is 2.12 bits per heavy atom. The van der Waals surface area contributed by atoms with E-state index in [2.05, 4.69) is 28.1 Å². The molecule has 0 radical (unpaired) electrons. The molecule has 2 aromatic rings. The first-order chi connectivity index (χ1) is 12.2. The molecule has 0 saturated carbocycles. The molecule has 2 atom stereocenters. The largest absolute Gasteiger partial charge is 0.380 e. The van der Waals surface area contributed by atoms with E-state index in [1.54, 1.807) is 7.11 Å². The van der Waals surface area contributed by atoms with Crippen LogP contribution >= 0.6 is 0 Å². The molecule has 2 aliphatic rings. The van der Waals surface area contributed by atoms with Crippen LogP contribution in [0, 0.1) is 0 Å². The molecule has 3 heterocycles. The molecule has 2 aliphatic heterocycles. The predicted octanol–water partition coefficient (Wildman–Crippen LogP) is 1.78. The Bertz CT molecular complexity index is 766. The fraction of sp³-hybridized carbons (Fsp3) is 0.579. The third kappa shape index (κ3) is 3.16. The van der Waals surface area contributed by atoms with E-state index in [0.29, 0.717) is 0 Å². The van der Waals surface area contributed by atoms with Gasteiger partial charge in [-0.2, -0.15) is 0 Å². The molecule has 1 aromatic heterocycles. The maximum Gasteiger partial charge on any atom is 0.240 e. The van der Waals surface area contributed by atoms with Gasteiger partial charge < -0.3 is 14.2 Å². The Morgan fingerprint density at radius 1 is 1.32 bits per heavy atom. The van der Waals surface area contributed by atoms with Gasteiger partial charge in [0.1, 0.15) is 0 Å². The summed E-state index contributed by atoms with van der Waals surface area (Å²) in [5.41, 5.74) is 3.33. The smallest absolute Gasteiger partial charge is 0.240 e. The number of fused-ring (bicyclic) bond motifs is 1. The van der Waals surface area contributed by atoms with Crippen LogP contribution in [0.4, 0.5) is 0 Å². The van der Waals surface area contributed by atoms with Gasteiger partial charge in [0.2, 0.25) is 5.91 Å². The van der Waals surface area contributed by atoms with E-state index >= 15 is 0 Å². The second-order valence-electron chi connectivity index (χ2n) is 7.25. The number of amides is 1. The van der Waals surface area contributed by atoms with Crippen molar-refractivity contribution in [3.63, 3.8) is 0 Å². The molecule has 4 rings (SSSR count). The van der Waals surface area contributed by atoms with Crippen LogP contribution < -0.4 is 0 Å². The van der Waals surface area contributed by atoms with Crippen LogP contribution in [-0.2, 0) is 23.1 Å². The number of aryl methyl sites for hydroxylation is 1. The minimum absolute atomic E-state index is 0.0671. The molecule has 6 heteroatoms. The van der Waals surface area contributed by atoms with Gasteiger partial charge in [0, 0.05) is 40.3 Å². The van der Waals surface area contributed by atoms with Crippen molar-refractivity contribution in [3.8, 4) is 0 Å². The van der Waals surface area contributed by atoms with Gasteiger partial charge >= 0.3 is 0 Å². The number of hydrogen-bond acceptors (Lipinski definition) is 4. The van der Waals surface area contributed by atoms with Crippen molar-refractivity contribution in [1.29, 1.82) is 0 Å². The minimum atomic E-state index is -0.0671. The molecule has 2 saturated heterocycles. The van der Waals surface area contributed by atoms with Crippen molar-refractivity contribution in [2.75, 3.05) is 26.7 Å². The first-order valence-corrected chi connectivity index (χ1v) is 9.11. The Labute approximate surface area is 148 Å². The first-order valence-electron chi connectivity index (χ1n) is 9.11. The molecule has 1 amide bonds. The number of benzene rings is 1.